The van der Waals surface area contributed by atoms with Crippen molar-refractivity contribution in [2.75, 3.05) is 6.61 Å². The lowest BCUT2D eigenvalue weighted by atomic mass is 9.86. The number of nitrogens with zero attached hydrogens (tertiary/aromatic N) is 3. The Morgan fingerprint density at radius 1 is 1.67 bits per heavy atom. The smallest absolute Gasteiger partial charge is 0.152 e. The van der Waals surface area contributed by atoms with Crippen LogP contribution in [0.1, 0.15) is 13.3 Å². The molecule has 1 saturated heterocycles. The Bertz CT molecular complexity index is 545. The average molecular weight is 311 g/mol. The molecule has 5 unspecified atom stereocenters. The molecule has 3 rings (SSSR count). The second-order valence-corrected chi connectivity index (χ2v) is 6.06. The first-order chi connectivity index (χ1) is 10.1. The van der Waals surface area contributed by atoms with Gasteiger partial charge in [0.05, 0.1) is 24.9 Å². The second kappa shape index (κ2) is 5.44. The summed E-state index contributed by atoms with van der Waals surface area (Å²) in [6.07, 6.45) is 3.56. The molecule has 0 amide bonds. The van der Waals surface area contributed by atoms with Gasteiger partial charge in [0.15, 0.2) is 5.84 Å². The Morgan fingerprint density at radius 2 is 2.43 bits per heavy atom. The summed E-state index contributed by atoms with van der Waals surface area (Å²) in [6.45, 7) is 5.93. The third-order valence-corrected chi connectivity index (χ3v) is 4.86. The number of aliphatic hydroxyl groups is 1. The maximum atomic E-state index is 9.48. The quantitative estimate of drug-likeness (QED) is 0.762. The first kappa shape index (κ1) is 14.6. The molecule has 3 aliphatic rings. The van der Waals surface area contributed by atoms with Crippen LogP contribution in [0.3, 0.4) is 0 Å². The van der Waals surface area contributed by atoms with E-state index in [2.05, 4.69) is 23.6 Å². The van der Waals surface area contributed by atoms with E-state index in [0.29, 0.717) is 23.0 Å². The lowest BCUT2D eigenvalue weighted by Crippen LogP contribution is -2.42. The molecule has 0 spiro atoms. The van der Waals surface area contributed by atoms with Crippen LogP contribution in [-0.2, 0) is 4.74 Å². The van der Waals surface area contributed by atoms with Gasteiger partial charge in [0.1, 0.15) is 12.0 Å². The number of aliphatic hydroxyl groups excluding tert-OH is 1. The molecular formula is C14H19ClN4O2. The second-order valence-electron chi connectivity index (χ2n) is 5.61. The van der Waals surface area contributed by atoms with Crippen molar-refractivity contribution in [1.82, 2.24) is 5.01 Å². The highest BCUT2D eigenvalue weighted by molar-refractivity contribution is 6.32. The van der Waals surface area contributed by atoms with E-state index >= 15 is 0 Å². The Kier molecular flexibility index (Phi) is 3.77. The number of halogens is 1. The van der Waals surface area contributed by atoms with Gasteiger partial charge in [-0.25, -0.2) is 4.99 Å². The Hall–Kier alpha value is -1.37. The fraction of sp³-hybridized carbons (Fsp3) is 0.571. The van der Waals surface area contributed by atoms with Crippen LogP contribution >= 0.6 is 11.6 Å². The first-order valence-corrected chi connectivity index (χ1v) is 7.39. The molecule has 0 aliphatic carbocycles. The van der Waals surface area contributed by atoms with Gasteiger partial charge in [-0.3, -0.25) is 5.01 Å². The molecule has 0 aromatic heterocycles. The highest BCUT2D eigenvalue weighted by atomic mass is 35.5. The van der Waals surface area contributed by atoms with Crippen molar-refractivity contribution in [1.29, 1.82) is 0 Å². The van der Waals surface area contributed by atoms with Crippen LogP contribution in [0.4, 0.5) is 0 Å². The van der Waals surface area contributed by atoms with E-state index in [-0.39, 0.29) is 36.7 Å². The van der Waals surface area contributed by atoms with Crippen LogP contribution in [0.2, 0.25) is 0 Å². The summed E-state index contributed by atoms with van der Waals surface area (Å²) >= 11 is 6.32. The summed E-state index contributed by atoms with van der Waals surface area (Å²) in [7, 11) is 0. The highest BCUT2D eigenvalue weighted by Gasteiger charge is 2.49. The van der Waals surface area contributed by atoms with Crippen molar-refractivity contribution in [3.63, 3.8) is 0 Å². The van der Waals surface area contributed by atoms with Crippen molar-refractivity contribution in [2.24, 2.45) is 27.7 Å². The van der Waals surface area contributed by atoms with Crippen LogP contribution in [-0.4, -0.2) is 47.1 Å². The summed E-state index contributed by atoms with van der Waals surface area (Å²) in [4.78, 5) is 3.99. The molecular weight excluding hydrogens is 292 g/mol. The third-order valence-electron chi connectivity index (χ3n) is 4.52. The molecule has 3 aliphatic heterocycles. The summed E-state index contributed by atoms with van der Waals surface area (Å²) in [5.74, 6) is 0.702. The van der Waals surface area contributed by atoms with E-state index in [1.807, 2.05) is 6.08 Å². The number of hydrogen-bond acceptors (Lipinski definition) is 6. The Morgan fingerprint density at radius 3 is 3.05 bits per heavy atom. The molecule has 0 aromatic carbocycles. The molecule has 3 heterocycles. The number of hydrogen-bond donors (Lipinski definition) is 2. The number of nitrogens with two attached hydrogens (primary N) is 1. The average Bonchev–Trinajstić information content (AvgIpc) is 2.97. The van der Waals surface area contributed by atoms with Crippen molar-refractivity contribution < 1.29 is 9.84 Å². The van der Waals surface area contributed by atoms with E-state index in [0.717, 1.165) is 0 Å². The number of fused-ring (bicyclic) bond motifs is 1. The van der Waals surface area contributed by atoms with Crippen LogP contribution < -0.4 is 5.73 Å². The number of hydrazone groups is 1. The highest BCUT2D eigenvalue weighted by Crippen LogP contribution is 2.43. The Labute approximate surface area is 128 Å². The monoisotopic (exact) mass is 310 g/mol. The normalized spacial score (nSPS) is 38.7. The molecule has 0 aromatic rings. The molecule has 21 heavy (non-hydrogen) atoms. The van der Waals surface area contributed by atoms with Crippen molar-refractivity contribution in [3.05, 3.63) is 23.4 Å². The van der Waals surface area contributed by atoms with E-state index in [1.165, 1.54) is 6.34 Å². The molecule has 5 atom stereocenters. The fourth-order valence-corrected chi connectivity index (χ4v) is 3.80. The van der Waals surface area contributed by atoms with E-state index in [1.54, 1.807) is 5.01 Å². The minimum Gasteiger partial charge on any atom is -0.394 e. The molecule has 1 fully saturated rings. The van der Waals surface area contributed by atoms with Gasteiger partial charge in [-0.05, 0) is 5.92 Å². The van der Waals surface area contributed by atoms with Gasteiger partial charge < -0.3 is 15.6 Å². The summed E-state index contributed by atoms with van der Waals surface area (Å²) < 4.78 is 6.04. The summed E-state index contributed by atoms with van der Waals surface area (Å²) in [5, 5.41) is 16.2. The van der Waals surface area contributed by atoms with E-state index < -0.39 is 0 Å². The minimum atomic E-state index is -0.231. The van der Waals surface area contributed by atoms with Crippen molar-refractivity contribution in [2.45, 2.75) is 31.6 Å². The molecule has 0 saturated carbocycles. The molecule has 3 N–H and O–H groups in total. The molecule has 6 nitrogen and oxygen atoms in total. The third kappa shape index (κ3) is 2.18. The van der Waals surface area contributed by atoms with Gasteiger partial charge in [-0.15, -0.1) is 6.58 Å². The van der Waals surface area contributed by atoms with Crippen LogP contribution in [0, 0.1) is 11.8 Å². The van der Waals surface area contributed by atoms with Crippen LogP contribution in [0.5, 0.6) is 0 Å². The standard InChI is InChI=1S/C14H19ClN4O2/c1-3-8-7(2)13(21-11(8)5-20)10-4-9(15)12-14(16)17-6-18-19(10)12/h3,6-8,10-11,13,20H,1,4-5H2,2H3,(H2,16,17,18). The SMILES string of the molecule is C=CC1C(CO)OC(C2CC(Cl)=C3C(N)=NC=NN32)C1C. The molecule has 114 valence electrons. The number of aliphatic imine (C=N–C) groups is 1. The van der Waals surface area contributed by atoms with Gasteiger partial charge in [-0.2, -0.15) is 5.10 Å². The molecule has 0 radical (unpaired) electrons. The van der Waals surface area contributed by atoms with Crippen LogP contribution in [0.15, 0.2) is 33.5 Å². The maximum absolute atomic E-state index is 9.48. The summed E-state index contributed by atoms with van der Waals surface area (Å²) in [5.41, 5.74) is 6.56. The lowest BCUT2D eigenvalue weighted by Gasteiger charge is -2.31. The zero-order valence-electron chi connectivity index (χ0n) is 11.8. The Balaban J connectivity index is 1.85. The fourth-order valence-electron chi connectivity index (χ4n) is 3.46. The van der Waals surface area contributed by atoms with Crippen molar-refractivity contribution >= 4 is 23.8 Å². The first-order valence-electron chi connectivity index (χ1n) is 7.01. The largest absolute Gasteiger partial charge is 0.394 e. The van der Waals surface area contributed by atoms with Crippen LogP contribution in [0.25, 0.3) is 0 Å². The van der Waals surface area contributed by atoms with Gasteiger partial charge in [0.25, 0.3) is 0 Å². The number of rotatable bonds is 3. The maximum Gasteiger partial charge on any atom is 0.152 e. The molecule has 7 heteroatoms. The summed E-state index contributed by atoms with van der Waals surface area (Å²) in [6, 6.07) is -0.0354. The topological polar surface area (TPSA) is 83.4 Å². The number of ether oxygens (including phenoxy) is 1. The number of amidine groups is 1. The van der Waals surface area contributed by atoms with E-state index in [4.69, 9.17) is 22.1 Å². The lowest BCUT2D eigenvalue weighted by molar-refractivity contribution is -0.0304. The van der Waals surface area contributed by atoms with E-state index in [9.17, 15) is 5.11 Å². The van der Waals surface area contributed by atoms with Gasteiger partial charge in [-0.1, -0.05) is 24.6 Å². The van der Waals surface area contributed by atoms with Gasteiger partial charge in [0, 0.05) is 17.4 Å². The minimum absolute atomic E-state index is 0.0227. The predicted molar refractivity (Wildman–Crippen MR) is 81.8 cm³/mol. The molecule has 0 bridgehead atoms. The predicted octanol–water partition coefficient (Wildman–Crippen LogP) is 1.02. The van der Waals surface area contributed by atoms with Gasteiger partial charge in [0.2, 0.25) is 0 Å². The zero-order valence-corrected chi connectivity index (χ0v) is 12.6. The zero-order chi connectivity index (χ0) is 15.1. The van der Waals surface area contributed by atoms with Crippen molar-refractivity contribution in [3.8, 4) is 0 Å². The van der Waals surface area contributed by atoms with Gasteiger partial charge >= 0.3 is 0 Å².